The van der Waals surface area contributed by atoms with Gasteiger partial charge in [0.15, 0.2) is 5.96 Å². The van der Waals surface area contributed by atoms with E-state index in [4.69, 9.17) is 9.47 Å². The number of hydrogen-bond acceptors (Lipinski definition) is 3. The molecule has 0 amide bonds. The fraction of sp³-hybridized carbons (Fsp3) is 0.933. The molecule has 1 saturated heterocycles. The largest absolute Gasteiger partial charge is 0.381 e. The van der Waals surface area contributed by atoms with Gasteiger partial charge >= 0.3 is 0 Å². The summed E-state index contributed by atoms with van der Waals surface area (Å²) in [6.07, 6.45) is 6.20. The van der Waals surface area contributed by atoms with Crippen LogP contribution in [0.5, 0.6) is 0 Å². The molecule has 124 valence electrons. The highest BCUT2D eigenvalue weighted by Crippen LogP contribution is 2.28. The Hall–Kier alpha value is -0.0800. The minimum absolute atomic E-state index is 0. The molecule has 0 bridgehead atoms. The molecule has 2 N–H and O–H groups in total. The second-order valence-corrected chi connectivity index (χ2v) is 5.63. The van der Waals surface area contributed by atoms with Gasteiger partial charge in [0.1, 0.15) is 0 Å². The highest BCUT2D eigenvalue weighted by atomic mass is 127. The third kappa shape index (κ3) is 8.83. The van der Waals surface area contributed by atoms with Crippen molar-refractivity contribution in [2.75, 3.05) is 39.5 Å². The number of nitrogens with one attached hydrogen (secondary N) is 2. The van der Waals surface area contributed by atoms with Gasteiger partial charge in [-0.3, -0.25) is 4.99 Å². The molecular weight excluding hydrogens is 381 g/mol. The lowest BCUT2D eigenvalue weighted by molar-refractivity contribution is -0.0320. The molecule has 0 aromatic heterocycles. The standard InChI is InChI=1S/C15H29N3O2.HI/c1-2-16-15(18-12-13-4-5-13)17-8-3-9-20-14-6-10-19-11-7-14;/h13-14H,2-12H2,1H3,(H2,16,17,18);1H. The van der Waals surface area contributed by atoms with Gasteiger partial charge in [0.25, 0.3) is 0 Å². The molecule has 6 heteroatoms. The summed E-state index contributed by atoms with van der Waals surface area (Å²) in [6, 6.07) is 0. The molecule has 1 saturated carbocycles. The topological polar surface area (TPSA) is 54.9 Å². The van der Waals surface area contributed by atoms with E-state index in [0.29, 0.717) is 6.10 Å². The van der Waals surface area contributed by atoms with E-state index in [-0.39, 0.29) is 24.0 Å². The van der Waals surface area contributed by atoms with Gasteiger partial charge in [-0.1, -0.05) is 0 Å². The molecule has 1 aliphatic heterocycles. The Labute approximate surface area is 145 Å². The maximum atomic E-state index is 5.85. The van der Waals surface area contributed by atoms with Crippen LogP contribution < -0.4 is 10.6 Å². The van der Waals surface area contributed by atoms with E-state index in [1.54, 1.807) is 0 Å². The molecule has 1 aliphatic carbocycles. The van der Waals surface area contributed by atoms with Crippen LogP contribution in [0.25, 0.3) is 0 Å². The van der Waals surface area contributed by atoms with E-state index >= 15 is 0 Å². The summed E-state index contributed by atoms with van der Waals surface area (Å²) in [4.78, 5) is 4.60. The van der Waals surface area contributed by atoms with E-state index in [1.165, 1.54) is 12.8 Å². The van der Waals surface area contributed by atoms with Crippen LogP contribution in [0.1, 0.15) is 39.0 Å². The van der Waals surface area contributed by atoms with Gasteiger partial charge in [-0.2, -0.15) is 0 Å². The van der Waals surface area contributed by atoms with Crippen molar-refractivity contribution < 1.29 is 9.47 Å². The first-order valence-corrected chi connectivity index (χ1v) is 8.10. The maximum Gasteiger partial charge on any atom is 0.191 e. The Kier molecular flexibility index (Phi) is 10.4. The first kappa shape index (κ1) is 19.0. The predicted octanol–water partition coefficient (Wildman–Crippen LogP) is 2.16. The number of guanidine groups is 1. The third-order valence-corrected chi connectivity index (χ3v) is 3.68. The first-order chi connectivity index (χ1) is 9.88. The van der Waals surface area contributed by atoms with Gasteiger partial charge in [0.2, 0.25) is 0 Å². The molecule has 0 atom stereocenters. The Morgan fingerprint density at radius 3 is 2.62 bits per heavy atom. The summed E-state index contributed by atoms with van der Waals surface area (Å²) in [6.45, 7) is 7.41. The van der Waals surface area contributed by atoms with Crippen LogP contribution in [0, 0.1) is 5.92 Å². The lowest BCUT2D eigenvalue weighted by Crippen LogP contribution is -2.38. The van der Waals surface area contributed by atoms with Crippen molar-refractivity contribution in [3.8, 4) is 0 Å². The fourth-order valence-electron chi connectivity index (χ4n) is 2.23. The van der Waals surface area contributed by atoms with Crippen molar-refractivity contribution in [2.24, 2.45) is 10.9 Å². The molecule has 21 heavy (non-hydrogen) atoms. The average Bonchev–Trinajstić information content (AvgIpc) is 3.29. The van der Waals surface area contributed by atoms with Crippen LogP contribution in [-0.2, 0) is 9.47 Å². The van der Waals surface area contributed by atoms with Crippen molar-refractivity contribution in [1.82, 2.24) is 10.6 Å². The average molecular weight is 411 g/mol. The quantitative estimate of drug-likeness (QED) is 0.278. The Balaban J connectivity index is 0.00000220. The number of rotatable bonds is 8. The monoisotopic (exact) mass is 411 g/mol. The van der Waals surface area contributed by atoms with E-state index in [9.17, 15) is 0 Å². The Morgan fingerprint density at radius 2 is 1.95 bits per heavy atom. The molecule has 1 heterocycles. The summed E-state index contributed by atoms with van der Waals surface area (Å²) >= 11 is 0. The predicted molar refractivity (Wildman–Crippen MR) is 96.5 cm³/mol. The van der Waals surface area contributed by atoms with Crippen molar-refractivity contribution >= 4 is 29.9 Å². The number of ether oxygens (including phenoxy) is 2. The van der Waals surface area contributed by atoms with E-state index in [2.05, 4.69) is 22.5 Å². The second kappa shape index (κ2) is 11.5. The third-order valence-electron chi connectivity index (χ3n) is 3.68. The molecule has 0 radical (unpaired) electrons. The molecule has 2 aliphatic rings. The second-order valence-electron chi connectivity index (χ2n) is 5.63. The molecule has 0 aromatic carbocycles. The zero-order valence-electron chi connectivity index (χ0n) is 13.1. The number of nitrogens with zero attached hydrogens (tertiary/aromatic N) is 1. The van der Waals surface area contributed by atoms with Crippen molar-refractivity contribution in [1.29, 1.82) is 0 Å². The summed E-state index contributed by atoms with van der Waals surface area (Å²) in [5, 5.41) is 6.66. The smallest absolute Gasteiger partial charge is 0.191 e. The van der Waals surface area contributed by atoms with Crippen LogP contribution in [0.2, 0.25) is 0 Å². The summed E-state index contributed by atoms with van der Waals surface area (Å²) in [7, 11) is 0. The van der Waals surface area contributed by atoms with Gasteiger partial charge in [-0.15, -0.1) is 24.0 Å². The molecule has 2 rings (SSSR count). The van der Waals surface area contributed by atoms with Crippen molar-refractivity contribution in [3.05, 3.63) is 0 Å². The Bertz CT molecular complexity index is 293. The molecule has 2 fully saturated rings. The lowest BCUT2D eigenvalue weighted by atomic mass is 10.1. The van der Waals surface area contributed by atoms with Gasteiger partial charge < -0.3 is 20.1 Å². The van der Waals surface area contributed by atoms with Crippen molar-refractivity contribution in [2.45, 2.75) is 45.1 Å². The lowest BCUT2D eigenvalue weighted by Gasteiger charge is -2.22. The highest BCUT2D eigenvalue weighted by molar-refractivity contribution is 14.0. The van der Waals surface area contributed by atoms with E-state index < -0.39 is 0 Å². The number of halogens is 1. The molecule has 0 unspecified atom stereocenters. The van der Waals surface area contributed by atoms with Crippen LogP contribution in [0.4, 0.5) is 0 Å². The van der Waals surface area contributed by atoms with Gasteiger partial charge in [-0.05, 0) is 44.9 Å². The normalized spacial score (nSPS) is 20.0. The Morgan fingerprint density at radius 1 is 1.19 bits per heavy atom. The van der Waals surface area contributed by atoms with Gasteiger partial charge in [-0.25, -0.2) is 0 Å². The van der Waals surface area contributed by atoms with Crippen LogP contribution >= 0.6 is 24.0 Å². The van der Waals surface area contributed by atoms with Crippen LogP contribution in [0.15, 0.2) is 4.99 Å². The minimum atomic E-state index is 0. The zero-order chi connectivity index (χ0) is 14.0. The minimum Gasteiger partial charge on any atom is -0.381 e. The van der Waals surface area contributed by atoms with E-state index in [1.807, 2.05) is 0 Å². The molecule has 0 spiro atoms. The van der Waals surface area contributed by atoms with Crippen LogP contribution in [-0.4, -0.2) is 51.5 Å². The molecule has 5 nitrogen and oxygen atoms in total. The van der Waals surface area contributed by atoms with E-state index in [0.717, 1.165) is 70.6 Å². The molecule has 0 aromatic rings. The summed E-state index contributed by atoms with van der Waals surface area (Å²) in [5.74, 6) is 1.78. The van der Waals surface area contributed by atoms with Gasteiger partial charge in [0, 0.05) is 39.5 Å². The van der Waals surface area contributed by atoms with Crippen molar-refractivity contribution in [3.63, 3.8) is 0 Å². The number of hydrogen-bond donors (Lipinski definition) is 2. The maximum absolute atomic E-state index is 5.85. The SMILES string of the molecule is CCNC(=NCC1CC1)NCCCOC1CCOCC1.I. The zero-order valence-corrected chi connectivity index (χ0v) is 15.4. The summed E-state index contributed by atoms with van der Waals surface area (Å²) in [5.41, 5.74) is 0. The van der Waals surface area contributed by atoms with Crippen LogP contribution in [0.3, 0.4) is 0 Å². The van der Waals surface area contributed by atoms with Gasteiger partial charge in [0.05, 0.1) is 6.10 Å². The highest BCUT2D eigenvalue weighted by Gasteiger charge is 2.20. The number of aliphatic imine (C=N–C) groups is 1. The summed E-state index contributed by atoms with van der Waals surface area (Å²) < 4.78 is 11.2. The molecular formula is C15H30IN3O2. The fourth-order valence-corrected chi connectivity index (χ4v) is 2.23. The first-order valence-electron chi connectivity index (χ1n) is 8.10.